The van der Waals surface area contributed by atoms with Gasteiger partial charge in [-0.25, -0.2) is 9.78 Å². The Hall–Kier alpha value is -5.85. The van der Waals surface area contributed by atoms with Gasteiger partial charge in [0.1, 0.15) is 37.3 Å². The van der Waals surface area contributed by atoms with Gasteiger partial charge in [0.25, 0.3) is 5.56 Å². The minimum Gasteiger partial charge on any atom is -0.461 e. The number of rotatable bonds is 13. The maximum absolute atomic E-state index is 13.8. The Kier molecular flexibility index (Phi) is 13.6. The van der Waals surface area contributed by atoms with Crippen molar-refractivity contribution in [2.45, 2.75) is 102 Å². The van der Waals surface area contributed by atoms with Gasteiger partial charge in [0.05, 0.1) is 47.7 Å². The van der Waals surface area contributed by atoms with E-state index in [1.807, 2.05) is 12.1 Å². The molecule has 18 nitrogen and oxygen atoms in total. The van der Waals surface area contributed by atoms with Crippen LogP contribution in [0.15, 0.2) is 47.3 Å². The van der Waals surface area contributed by atoms with Crippen LogP contribution in [0.1, 0.15) is 72.9 Å². The molecule has 5 atom stereocenters. The average molecular weight is 831 g/mol. The van der Waals surface area contributed by atoms with Crippen molar-refractivity contribution in [1.82, 2.24) is 9.55 Å². The molecule has 60 heavy (non-hydrogen) atoms. The van der Waals surface area contributed by atoms with Gasteiger partial charge in [0.2, 0.25) is 12.2 Å². The zero-order valence-corrected chi connectivity index (χ0v) is 33.0. The lowest BCUT2D eigenvalue weighted by molar-refractivity contribution is -0.241. The Bertz CT molecular complexity index is 2390. The van der Waals surface area contributed by atoms with Crippen molar-refractivity contribution in [3.05, 3.63) is 86.2 Å². The number of hydrogen-bond donors (Lipinski definition) is 6. The fourth-order valence-electron chi connectivity index (χ4n) is 7.56. The van der Waals surface area contributed by atoms with Crippen molar-refractivity contribution >= 4 is 40.6 Å². The summed E-state index contributed by atoms with van der Waals surface area (Å²) in [6.45, 7) is 3.49. The second kappa shape index (κ2) is 18.6. The van der Waals surface area contributed by atoms with Crippen LogP contribution in [0.3, 0.4) is 0 Å². The van der Waals surface area contributed by atoms with Gasteiger partial charge in [-0.2, -0.15) is 9.59 Å². The highest BCUT2D eigenvalue weighted by Crippen LogP contribution is 2.41. The van der Waals surface area contributed by atoms with E-state index in [1.54, 1.807) is 35.8 Å². The van der Waals surface area contributed by atoms with E-state index >= 15 is 0 Å². The van der Waals surface area contributed by atoms with Crippen molar-refractivity contribution in [2.24, 2.45) is 5.73 Å². The summed E-state index contributed by atoms with van der Waals surface area (Å²) in [5.74, 6) is -1.59. The number of hydrogen-bond acceptors (Lipinski definition) is 16. The number of pyridine rings is 2. The topological polar surface area (TPSA) is 276 Å². The van der Waals surface area contributed by atoms with Gasteiger partial charge < -0.3 is 55.0 Å². The molecule has 1 saturated heterocycles. The summed E-state index contributed by atoms with van der Waals surface area (Å²) >= 11 is 0. The third-order valence-corrected chi connectivity index (χ3v) is 10.8. The normalized spacial score (nSPS) is 21.4. The van der Waals surface area contributed by atoms with Crippen LogP contribution in [-0.2, 0) is 76.4 Å². The largest absolute Gasteiger partial charge is 0.461 e. The number of carbonyl (C=O) groups excluding carboxylic acids is 5. The summed E-state index contributed by atoms with van der Waals surface area (Å²) in [6, 6.07) is 11.9. The van der Waals surface area contributed by atoms with Crippen LogP contribution in [0.4, 0.5) is 5.69 Å². The molecule has 7 rings (SSSR count). The highest BCUT2D eigenvalue weighted by molar-refractivity contribution is 5.93. The van der Waals surface area contributed by atoms with Gasteiger partial charge in [-0.3, -0.25) is 14.4 Å². The molecule has 0 spiro atoms. The fourth-order valence-corrected chi connectivity index (χ4v) is 7.56. The molecule has 0 bridgehead atoms. The van der Waals surface area contributed by atoms with Gasteiger partial charge in [0.15, 0.2) is 5.60 Å². The quantitative estimate of drug-likeness (QED) is 0.0911. The number of benzene rings is 2. The van der Waals surface area contributed by atoms with E-state index in [-0.39, 0.29) is 86.4 Å². The highest BCUT2D eigenvalue weighted by atomic mass is 16.7. The summed E-state index contributed by atoms with van der Waals surface area (Å²) in [7, 11) is 0. The Balaban J connectivity index is 0.00000195. The van der Waals surface area contributed by atoms with E-state index in [4.69, 9.17) is 39.3 Å². The molecular formula is C42H46N4O14. The maximum atomic E-state index is 13.8. The number of anilines is 1. The predicted octanol–water partition coefficient (Wildman–Crippen LogP) is 1.23. The molecule has 7 N–H and O–H groups in total. The third kappa shape index (κ3) is 8.71. The number of aliphatic hydroxyl groups excluding tert-OH is 3. The Labute approximate surface area is 342 Å². The Morgan fingerprint density at radius 1 is 1.05 bits per heavy atom. The minimum atomic E-state index is -1.93. The van der Waals surface area contributed by atoms with Crippen LogP contribution in [0, 0.1) is 0 Å². The molecule has 1 unspecified atom stereocenters. The van der Waals surface area contributed by atoms with Gasteiger partial charge in [-0.1, -0.05) is 32.4 Å². The number of amides is 1. The van der Waals surface area contributed by atoms with E-state index in [9.17, 15) is 39.6 Å². The molecule has 1 fully saturated rings. The van der Waals surface area contributed by atoms with Crippen molar-refractivity contribution in [3.63, 3.8) is 0 Å². The zero-order chi connectivity index (χ0) is 43.3. The molecule has 3 aliphatic rings. The number of aromatic nitrogens is 2. The molecule has 5 heterocycles. The monoisotopic (exact) mass is 830 g/mol. The second-order valence-corrected chi connectivity index (χ2v) is 14.7. The summed E-state index contributed by atoms with van der Waals surface area (Å²) in [4.78, 5) is 73.3. The Morgan fingerprint density at radius 2 is 1.80 bits per heavy atom. The zero-order valence-electron chi connectivity index (χ0n) is 33.0. The first-order valence-corrected chi connectivity index (χ1v) is 19.5. The van der Waals surface area contributed by atoms with Gasteiger partial charge in [0, 0.05) is 29.5 Å². The van der Waals surface area contributed by atoms with Crippen LogP contribution >= 0.6 is 0 Å². The number of nitrogens with zero attached hydrogens (tertiary/aromatic N) is 2. The highest BCUT2D eigenvalue weighted by Gasteiger charge is 2.45. The maximum Gasteiger partial charge on any atom is 0.373 e. The van der Waals surface area contributed by atoms with Crippen LogP contribution in [0.2, 0.25) is 0 Å². The second-order valence-electron chi connectivity index (χ2n) is 14.7. The molecule has 2 aromatic heterocycles. The molecule has 0 saturated carbocycles. The van der Waals surface area contributed by atoms with Crippen molar-refractivity contribution < 1.29 is 63.3 Å². The minimum absolute atomic E-state index is 0.0184. The lowest BCUT2D eigenvalue weighted by Gasteiger charge is -2.35. The summed E-state index contributed by atoms with van der Waals surface area (Å²) in [5.41, 5.74) is 8.90. The lowest BCUT2D eigenvalue weighted by atomic mass is 9.86. The van der Waals surface area contributed by atoms with Crippen LogP contribution in [-0.4, -0.2) is 91.7 Å². The molecule has 1 amide bonds. The number of ether oxygens (including phenoxy) is 4. The average Bonchev–Trinajstić information content (AvgIpc) is 3.60. The first-order chi connectivity index (χ1) is 28.8. The Morgan fingerprint density at radius 3 is 2.52 bits per heavy atom. The van der Waals surface area contributed by atoms with Gasteiger partial charge in [-0.15, -0.1) is 0 Å². The molecule has 18 heteroatoms. The van der Waals surface area contributed by atoms with Crippen LogP contribution in [0.5, 0.6) is 5.75 Å². The third-order valence-electron chi connectivity index (χ3n) is 10.8. The van der Waals surface area contributed by atoms with Crippen molar-refractivity contribution in [1.29, 1.82) is 0 Å². The first kappa shape index (κ1) is 43.7. The number of fused-ring (bicyclic) bond motifs is 5. The number of carbonyl (C=O) groups is 3. The van der Waals surface area contributed by atoms with Crippen LogP contribution in [0.25, 0.3) is 22.3 Å². The van der Waals surface area contributed by atoms with E-state index in [0.717, 1.165) is 29.4 Å². The first-order valence-electron chi connectivity index (χ1n) is 19.5. The number of aryl methyl sites for hydroxylation is 1. The van der Waals surface area contributed by atoms with Gasteiger partial charge >= 0.3 is 18.1 Å². The molecule has 0 aliphatic carbocycles. The van der Waals surface area contributed by atoms with Crippen molar-refractivity contribution in [3.8, 4) is 17.1 Å². The molecule has 318 valence electrons. The molecule has 3 aliphatic heterocycles. The standard InChI is InChI=1S/C41H46N4O12.CO2/c1-3-5-6-23-24-13-21(7-9-28(24)44-35-25(23)17-45-30(35)16-27-26(38(45)51)19-56-40(52)41(27,53)4-2)15-34(48)54-18-22-8-10-32(29(14-22)43-33(47)11-12-42)57-39-37(50)36(49)31(46)20-55-39;2-1-3/h7-10,13-14,16,31,36-37,39,46,49-50,53H,3-6,11-12,15,17-20,42H2,1-2H3,(H,43,47);/t31-,36+,37-,39?,41+;/m1./s1. The number of unbranched alkanes of at least 4 members (excludes halogenated alkanes) is 1. The van der Waals surface area contributed by atoms with Gasteiger partial charge in [-0.05, 0) is 66.3 Å². The lowest BCUT2D eigenvalue weighted by Crippen LogP contribution is -2.54. The number of cyclic esters (lactones) is 1. The van der Waals surface area contributed by atoms with Crippen LogP contribution < -0.4 is 21.3 Å². The number of aliphatic hydroxyl groups is 4. The summed E-state index contributed by atoms with van der Waals surface area (Å²) in [6.07, 6.45) is -2.92. The smallest absolute Gasteiger partial charge is 0.373 e. The number of esters is 2. The van der Waals surface area contributed by atoms with E-state index in [1.165, 1.54) is 6.07 Å². The van der Waals surface area contributed by atoms with Crippen molar-refractivity contribution in [2.75, 3.05) is 18.5 Å². The molecule has 0 radical (unpaired) electrons. The number of nitrogens with two attached hydrogens (primary N) is 1. The summed E-state index contributed by atoms with van der Waals surface area (Å²) < 4.78 is 23.6. The molecule has 2 aromatic carbocycles. The van der Waals surface area contributed by atoms with E-state index < -0.39 is 48.0 Å². The number of nitrogens with one attached hydrogen (secondary N) is 1. The van der Waals surface area contributed by atoms with E-state index in [2.05, 4.69) is 12.2 Å². The summed E-state index contributed by atoms with van der Waals surface area (Å²) in [5, 5.41) is 45.0. The fraction of sp³-hybridized carbons (Fsp3) is 0.429. The molecular weight excluding hydrogens is 784 g/mol. The molecule has 4 aromatic rings. The SMILES string of the molecule is CCCCc1c2c(nc3ccc(CC(=O)OCc4ccc(OC5OC[C@@H](O)[C@H](O)[C@H]5O)c(NC(=O)CCN)c4)cc13)-c1cc3c(c(=O)n1C2)COC(=O)[C@]3(O)CC.O=C=O. The van der Waals surface area contributed by atoms with E-state index in [0.29, 0.717) is 34.5 Å². The predicted molar refractivity (Wildman–Crippen MR) is 209 cm³/mol.